The number of hydrogen-bond acceptors (Lipinski definition) is 1. The predicted octanol–water partition coefficient (Wildman–Crippen LogP) is 3.32. The molecule has 0 aromatic carbocycles. The normalized spacial score (nSPS) is 45.0. The fraction of sp³-hybridized carbons (Fsp3) is 1.00. The maximum absolute atomic E-state index is 9.43. The van der Waals surface area contributed by atoms with Gasteiger partial charge in [-0.3, -0.25) is 0 Å². The maximum atomic E-state index is 9.43. The Bertz CT molecular complexity index is 228. The van der Waals surface area contributed by atoms with Gasteiger partial charge in [0.2, 0.25) is 0 Å². The third-order valence-corrected chi connectivity index (χ3v) is 5.02. The Morgan fingerprint density at radius 2 is 1.87 bits per heavy atom. The van der Waals surface area contributed by atoms with E-state index in [1.54, 1.807) is 0 Å². The van der Waals surface area contributed by atoms with Crippen molar-refractivity contribution in [3.63, 3.8) is 0 Å². The Kier molecular flexibility index (Phi) is 2.87. The Hall–Kier alpha value is -0.0400. The van der Waals surface area contributed by atoms with Gasteiger partial charge in [-0.15, -0.1) is 0 Å². The summed E-state index contributed by atoms with van der Waals surface area (Å²) in [5.74, 6) is 4.12. The average molecular weight is 210 g/mol. The van der Waals surface area contributed by atoms with Gasteiger partial charge in [0.15, 0.2) is 0 Å². The molecule has 0 aliphatic heterocycles. The first-order chi connectivity index (χ1) is 6.99. The number of aliphatic hydroxyl groups excluding tert-OH is 1. The Balaban J connectivity index is 2.20. The molecule has 0 saturated heterocycles. The third kappa shape index (κ3) is 1.73. The molecule has 5 unspecified atom stereocenters. The fourth-order valence-corrected chi connectivity index (χ4v) is 4.68. The van der Waals surface area contributed by atoms with Crippen LogP contribution in [0, 0.1) is 35.0 Å². The number of aliphatic hydroxyl groups is 1. The van der Waals surface area contributed by atoms with Gasteiger partial charge >= 0.3 is 0 Å². The standard InChI is InChI=1S/C14H26O/c1-5-11-9-6-10(8-15)12(7-9)13(11)14(2,3)4/h9-13,15H,5-8H2,1-4H3. The van der Waals surface area contributed by atoms with Crippen LogP contribution in [-0.2, 0) is 0 Å². The minimum atomic E-state index is 0.421. The fourth-order valence-electron chi connectivity index (χ4n) is 4.68. The lowest BCUT2D eigenvalue weighted by molar-refractivity contribution is 0.0365. The summed E-state index contributed by atoms with van der Waals surface area (Å²) >= 11 is 0. The molecule has 2 aliphatic rings. The molecule has 0 radical (unpaired) electrons. The number of fused-ring (bicyclic) bond motifs is 2. The second-order valence-corrected chi connectivity index (χ2v) is 6.80. The molecule has 2 bridgehead atoms. The van der Waals surface area contributed by atoms with Crippen molar-refractivity contribution in [1.82, 2.24) is 0 Å². The first-order valence-electron chi connectivity index (χ1n) is 6.59. The lowest BCUT2D eigenvalue weighted by atomic mass is 9.63. The summed E-state index contributed by atoms with van der Waals surface area (Å²) in [6, 6.07) is 0. The van der Waals surface area contributed by atoms with Gasteiger partial charge in [-0.05, 0) is 47.8 Å². The zero-order valence-electron chi connectivity index (χ0n) is 10.7. The number of hydrogen-bond donors (Lipinski definition) is 1. The van der Waals surface area contributed by atoms with Gasteiger partial charge in [-0.2, -0.15) is 0 Å². The van der Waals surface area contributed by atoms with Crippen LogP contribution in [0.5, 0.6) is 0 Å². The van der Waals surface area contributed by atoms with E-state index < -0.39 is 0 Å². The van der Waals surface area contributed by atoms with Crippen molar-refractivity contribution in [1.29, 1.82) is 0 Å². The van der Waals surface area contributed by atoms with E-state index >= 15 is 0 Å². The molecular formula is C14H26O. The molecule has 0 aromatic heterocycles. The van der Waals surface area contributed by atoms with E-state index in [2.05, 4.69) is 27.7 Å². The van der Waals surface area contributed by atoms with Crippen molar-refractivity contribution in [2.75, 3.05) is 6.61 Å². The molecule has 2 fully saturated rings. The summed E-state index contributed by atoms with van der Waals surface area (Å²) in [5.41, 5.74) is 0.425. The lowest BCUT2D eigenvalue weighted by Gasteiger charge is -2.43. The average Bonchev–Trinajstić information content (AvgIpc) is 2.71. The summed E-state index contributed by atoms with van der Waals surface area (Å²) in [6.45, 7) is 9.92. The van der Waals surface area contributed by atoms with E-state index in [-0.39, 0.29) is 0 Å². The molecule has 15 heavy (non-hydrogen) atoms. The molecule has 2 saturated carbocycles. The van der Waals surface area contributed by atoms with Gasteiger partial charge in [0.1, 0.15) is 0 Å². The zero-order valence-corrected chi connectivity index (χ0v) is 10.7. The monoisotopic (exact) mass is 210 g/mol. The van der Waals surface area contributed by atoms with Crippen LogP contribution in [-0.4, -0.2) is 11.7 Å². The van der Waals surface area contributed by atoms with Crippen LogP contribution in [0.15, 0.2) is 0 Å². The Morgan fingerprint density at radius 1 is 1.20 bits per heavy atom. The van der Waals surface area contributed by atoms with Gasteiger partial charge < -0.3 is 5.11 Å². The zero-order chi connectivity index (χ0) is 11.2. The van der Waals surface area contributed by atoms with Gasteiger partial charge in [0, 0.05) is 6.61 Å². The van der Waals surface area contributed by atoms with E-state index in [4.69, 9.17) is 0 Å². The summed E-state index contributed by atoms with van der Waals surface area (Å²) in [7, 11) is 0. The van der Waals surface area contributed by atoms with Crippen LogP contribution in [0.3, 0.4) is 0 Å². The smallest absolute Gasteiger partial charge is 0.0462 e. The van der Waals surface area contributed by atoms with E-state index in [1.807, 2.05) is 0 Å². The van der Waals surface area contributed by atoms with Gasteiger partial charge in [0.05, 0.1) is 0 Å². The van der Waals surface area contributed by atoms with Crippen LogP contribution in [0.2, 0.25) is 0 Å². The molecule has 2 aliphatic carbocycles. The van der Waals surface area contributed by atoms with Gasteiger partial charge in [-0.25, -0.2) is 0 Å². The molecule has 1 nitrogen and oxygen atoms in total. The highest BCUT2D eigenvalue weighted by molar-refractivity contribution is 5.03. The molecule has 5 atom stereocenters. The van der Waals surface area contributed by atoms with Crippen molar-refractivity contribution in [3.05, 3.63) is 0 Å². The molecule has 0 heterocycles. The minimum Gasteiger partial charge on any atom is -0.396 e. The predicted molar refractivity (Wildman–Crippen MR) is 63.5 cm³/mol. The van der Waals surface area contributed by atoms with Gasteiger partial charge in [0.25, 0.3) is 0 Å². The lowest BCUT2D eigenvalue weighted by Crippen LogP contribution is -2.37. The molecule has 1 heteroatoms. The van der Waals surface area contributed by atoms with E-state index in [0.29, 0.717) is 17.9 Å². The van der Waals surface area contributed by atoms with Crippen molar-refractivity contribution >= 4 is 0 Å². The van der Waals surface area contributed by atoms with E-state index in [1.165, 1.54) is 19.3 Å². The van der Waals surface area contributed by atoms with Crippen molar-refractivity contribution in [3.8, 4) is 0 Å². The summed E-state index contributed by atoms with van der Waals surface area (Å²) in [5, 5.41) is 9.43. The van der Waals surface area contributed by atoms with E-state index in [9.17, 15) is 5.11 Å². The highest BCUT2D eigenvalue weighted by Gasteiger charge is 2.54. The third-order valence-electron chi connectivity index (χ3n) is 5.02. The second kappa shape index (κ2) is 3.76. The first kappa shape index (κ1) is 11.4. The molecule has 1 N–H and O–H groups in total. The molecule has 0 amide bonds. The van der Waals surface area contributed by atoms with Crippen LogP contribution in [0.1, 0.15) is 47.0 Å². The van der Waals surface area contributed by atoms with Gasteiger partial charge in [-0.1, -0.05) is 34.1 Å². The second-order valence-electron chi connectivity index (χ2n) is 6.80. The van der Waals surface area contributed by atoms with E-state index in [0.717, 1.165) is 23.7 Å². The van der Waals surface area contributed by atoms with Crippen LogP contribution >= 0.6 is 0 Å². The van der Waals surface area contributed by atoms with Crippen molar-refractivity contribution < 1.29 is 5.11 Å². The molecule has 88 valence electrons. The molecule has 2 rings (SSSR count). The summed E-state index contributed by atoms with van der Waals surface area (Å²) < 4.78 is 0. The Morgan fingerprint density at radius 3 is 2.33 bits per heavy atom. The van der Waals surface area contributed by atoms with Crippen LogP contribution < -0.4 is 0 Å². The summed E-state index contributed by atoms with van der Waals surface area (Å²) in [4.78, 5) is 0. The maximum Gasteiger partial charge on any atom is 0.0462 e. The molecular weight excluding hydrogens is 184 g/mol. The van der Waals surface area contributed by atoms with Crippen LogP contribution in [0.25, 0.3) is 0 Å². The highest BCUT2D eigenvalue weighted by Crippen LogP contribution is 2.60. The molecule has 0 spiro atoms. The highest BCUT2D eigenvalue weighted by atomic mass is 16.3. The first-order valence-corrected chi connectivity index (χ1v) is 6.59. The van der Waals surface area contributed by atoms with Crippen LogP contribution in [0.4, 0.5) is 0 Å². The topological polar surface area (TPSA) is 20.2 Å². The summed E-state index contributed by atoms with van der Waals surface area (Å²) in [6.07, 6.45) is 4.03. The SMILES string of the molecule is CCC1C2CC(CO)C(C2)C1C(C)(C)C. The van der Waals surface area contributed by atoms with Crippen molar-refractivity contribution in [2.45, 2.75) is 47.0 Å². The quantitative estimate of drug-likeness (QED) is 0.741. The number of rotatable bonds is 2. The minimum absolute atomic E-state index is 0.421. The molecule has 0 aromatic rings. The van der Waals surface area contributed by atoms with Crippen molar-refractivity contribution in [2.24, 2.45) is 35.0 Å². The Labute approximate surface area is 94.3 Å². The largest absolute Gasteiger partial charge is 0.396 e.